The summed E-state index contributed by atoms with van der Waals surface area (Å²) in [4.78, 5) is 25.3. The second kappa shape index (κ2) is 9.96. The van der Waals surface area contributed by atoms with Gasteiger partial charge in [-0.05, 0) is 64.0 Å². The third kappa shape index (κ3) is 6.65. The molecule has 0 radical (unpaired) electrons. The molecule has 1 amide bonds. The number of hydrogen-bond acceptors (Lipinski definition) is 5. The Balaban J connectivity index is 2.35. The fraction of sp³-hybridized carbons (Fsp3) is 0.333. The summed E-state index contributed by atoms with van der Waals surface area (Å²) in [5.74, 6) is -0.648. The number of hydrogen-bond donors (Lipinski definition) is 2. The van der Waals surface area contributed by atoms with Crippen molar-refractivity contribution in [1.29, 1.82) is 0 Å². The lowest BCUT2D eigenvalue weighted by Gasteiger charge is -2.23. The van der Waals surface area contributed by atoms with Crippen LogP contribution in [0, 0.1) is 0 Å². The van der Waals surface area contributed by atoms with E-state index in [1.54, 1.807) is 30.3 Å². The van der Waals surface area contributed by atoms with Crippen LogP contribution in [0.5, 0.6) is 11.5 Å². The van der Waals surface area contributed by atoms with Gasteiger partial charge in [0.15, 0.2) is 17.6 Å². The average Bonchev–Trinajstić information content (AvgIpc) is 2.67. The van der Waals surface area contributed by atoms with Gasteiger partial charge in [0.2, 0.25) is 0 Å². The molecule has 2 N–H and O–H groups in total. The van der Waals surface area contributed by atoms with Gasteiger partial charge < -0.3 is 19.9 Å². The van der Waals surface area contributed by atoms with Crippen molar-refractivity contribution in [2.75, 3.05) is 6.61 Å². The third-order valence-electron chi connectivity index (χ3n) is 4.05. The zero-order valence-corrected chi connectivity index (χ0v) is 18.1. The van der Waals surface area contributed by atoms with Gasteiger partial charge in [0.1, 0.15) is 0 Å². The molecule has 160 valence electrons. The molecule has 6 heteroatoms. The Bertz CT molecular complexity index is 913. The lowest BCUT2D eigenvalue weighted by atomic mass is 10.0. The van der Waals surface area contributed by atoms with Crippen molar-refractivity contribution in [3.05, 3.63) is 59.7 Å². The standard InChI is InChI=1S/C24H29NO5/c1-6-29-21-15-17(12-13-20(21)26)14-19(18-10-8-7-9-11-18)23(28)30-16(2)22(27)25-24(3,4)5/h7-16,26H,6H2,1-5H3,(H,25,27)/b19-14+/t16-/m0/s1. The molecule has 0 unspecified atom stereocenters. The van der Waals surface area contributed by atoms with Crippen molar-refractivity contribution < 1.29 is 24.2 Å². The van der Waals surface area contributed by atoms with Crippen LogP contribution < -0.4 is 10.1 Å². The molecule has 0 fully saturated rings. The van der Waals surface area contributed by atoms with Crippen LogP contribution in [0.4, 0.5) is 0 Å². The molecule has 0 heterocycles. The summed E-state index contributed by atoms with van der Waals surface area (Å²) < 4.78 is 10.9. The number of ether oxygens (including phenoxy) is 2. The van der Waals surface area contributed by atoms with Gasteiger partial charge in [0, 0.05) is 5.54 Å². The maximum absolute atomic E-state index is 13.0. The first-order chi connectivity index (χ1) is 14.1. The first-order valence-electron chi connectivity index (χ1n) is 9.86. The summed E-state index contributed by atoms with van der Waals surface area (Å²) in [7, 11) is 0. The van der Waals surface area contributed by atoms with Crippen LogP contribution in [0.25, 0.3) is 11.6 Å². The molecular formula is C24H29NO5. The molecule has 0 aliphatic carbocycles. The zero-order valence-electron chi connectivity index (χ0n) is 18.1. The molecule has 6 nitrogen and oxygen atoms in total. The van der Waals surface area contributed by atoms with Crippen LogP contribution in [0.2, 0.25) is 0 Å². The minimum Gasteiger partial charge on any atom is -0.504 e. The average molecular weight is 411 g/mol. The van der Waals surface area contributed by atoms with Crippen molar-refractivity contribution >= 4 is 23.5 Å². The van der Waals surface area contributed by atoms with E-state index in [0.29, 0.717) is 29.1 Å². The molecule has 0 spiro atoms. The smallest absolute Gasteiger partial charge is 0.339 e. The van der Waals surface area contributed by atoms with Gasteiger partial charge in [0.25, 0.3) is 5.91 Å². The fourth-order valence-corrected chi connectivity index (χ4v) is 2.68. The molecule has 30 heavy (non-hydrogen) atoms. The highest BCUT2D eigenvalue weighted by Crippen LogP contribution is 2.29. The number of esters is 1. The summed E-state index contributed by atoms with van der Waals surface area (Å²) in [6.07, 6.45) is 0.691. The molecule has 0 saturated heterocycles. The van der Waals surface area contributed by atoms with Crippen molar-refractivity contribution in [1.82, 2.24) is 5.32 Å². The first kappa shape index (κ1) is 23.0. The normalized spacial score (nSPS) is 12.8. The van der Waals surface area contributed by atoms with Crippen LogP contribution in [-0.2, 0) is 14.3 Å². The largest absolute Gasteiger partial charge is 0.504 e. The molecule has 0 bridgehead atoms. The topological polar surface area (TPSA) is 84.9 Å². The second-order valence-corrected chi connectivity index (χ2v) is 7.87. The Morgan fingerprint density at radius 1 is 1.13 bits per heavy atom. The highest BCUT2D eigenvalue weighted by Gasteiger charge is 2.24. The van der Waals surface area contributed by atoms with E-state index >= 15 is 0 Å². The van der Waals surface area contributed by atoms with E-state index in [2.05, 4.69) is 5.32 Å². The quantitative estimate of drug-likeness (QED) is 0.406. The number of rotatable bonds is 7. The summed E-state index contributed by atoms with van der Waals surface area (Å²) in [5.41, 5.74) is 1.16. The molecule has 0 aliphatic rings. The molecule has 2 rings (SSSR count). The van der Waals surface area contributed by atoms with Gasteiger partial charge in [-0.15, -0.1) is 0 Å². The Hall–Kier alpha value is -3.28. The summed E-state index contributed by atoms with van der Waals surface area (Å²) in [5, 5.41) is 12.7. The van der Waals surface area contributed by atoms with Crippen molar-refractivity contribution in [3.63, 3.8) is 0 Å². The SMILES string of the molecule is CCOc1cc(/C=C(/C(=O)O[C@@H](C)C(=O)NC(C)(C)C)c2ccccc2)ccc1O. The summed E-state index contributed by atoms with van der Waals surface area (Å²) in [6.45, 7) is 9.32. The summed E-state index contributed by atoms with van der Waals surface area (Å²) in [6, 6.07) is 13.9. The van der Waals surface area contributed by atoms with Gasteiger partial charge in [-0.1, -0.05) is 36.4 Å². The first-order valence-corrected chi connectivity index (χ1v) is 9.86. The third-order valence-corrected chi connectivity index (χ3v) is 4.05. The Labute approximate surface area is 177 Å². The number of nitrogens with one attached hydrogen (secondary N) is 1. The Kier molecular flexibility index (Phi) is 7.64. The van der Waals surface area contributed by atoms with Crippen LogP contribution in [0.1, 0.15) is 45.7 Å². The molecule has 1 atom stereocenters. The molecule has 2 aromatic rings. The second-order valence-electron chi connectivity index (χ2n) is 7.87. The van der Waals surface area contributed by atoms with Gasteiger partial charge in [-0.3, -0.25) is 4.79 Å². The number of phenols is 1. The van der Waals surface area contributed by atoms with Crippen LogP contribution >= 0.6 is 0 Å². The maximum atomic E-state index is 13.0. The molecule has 0 aromatic heterocycles. The highest BCUT2D eigenvalue weighted by molar-refractivity contribution is 6.22. The van der Waals surface area contributed by atoms with Crippen molar-refractivity contribution in [2.24, 2.45) is 0 Å². The number of benzene rings is 2. The maximum Gasteiger partial charge on any atom is 0.339 e. The summed E-state index contributed by atoms with van der Waals surface area (Å²) >= 11 is 0. The van der Waals surface area contributed by atoms with Crippen LogP contribution in [0.3, 0.4) is 0 Å². The zero-order chi connectivity index (χ0) is 22.3. The minimum absolute atomic E-state index is 0.0188. The molecule has 0 saturated carbocycles. The number of aromatic hydroxyl groups is 1. The van der Waals surface area contributed by atoms with E-state index in [1.807, 2.05) is 45.9 Å². The van der Waals surface area contributed by atoms with Crippen LogP contribution in [-0.4, -0.2) is 35.2 Å². The van der Waals surface area contributed by atoms with Crippen LogP contribution in [0.15, 0.2) is 48.5 Å². The number of phenolic OH excluding ortho intramolecular Hbond substituents is 1. The van der Waals surface area contributed by atoms with E-state index in [9.17, 15) is 14.7 Å². The molecule has 2 aromatic carbocycles. The van der Waals surface area contributed by atoms with E-state index in [-0.39, 0.29) is 11.7 Å². The minimum atomic E-state index is -0.956. The molecular weight excluding hydrogens is 382 g/mol. The van der Waals surface area contributed by atoms with E-state index in [4.69, 9.17) is 9.47 Å². The van der Waals surface area contributed by atoms with E-state index in [1.165, 1.54) is 13.0 Å². The predicted octanol–water partition coefficient (Wildman–Crippen LogP) is 4.18. The number of carbonyl (C=O) groups is 2. The van der Waals surface area contributed by atoms with Gasteiger partial charge in [-0.25, -0.2) is 4.79 Å². The molecule has 0 aliphatic heterocycles. The van der Waals surface area contributed by atoms with E-state index in [0.717, 1.165) is 0 Å². The predicted molar refractivity (Wildman–Crippen MR) is 117 cm³/mol. The highest BCUT2D eigenvalue weighted by atomic mass is 16.5. The number of amides is 1. The van der Waals surface area contributed by atoms with E-state index < -0.39 is 17.6 Å². The van der Waals surface area contributed by atoms with Crippen molar-refractivity contribution in [2.45, 2.75) is 46.3 Å². The lowest BCUT2D eigenvalue weighted by molar-refractivity contribution is -0.149. The number of carbonyl (C=O) groups excluding carboxylic acids is 2. The van der Waals surface area contributed by atoms with Gasteiger partial charge >= 0.3 is 5.97 Å². The van der Waals surface area contributed by atoms with Crippen molar-refractivity contribution in [3.8, 4) is 11.5 Å². The fourth-order valence-electron chi connectivity index (χ4n) is 2.68. The lowest BCUT2D eigenvalue weighted by Crippen LogP contribution is -2.46. The Morgan fingerprint density at radius 2 is 1.80 bits per heavy atom. The van der Waals surface area contributed by atoms with Gasteiger partial charge in [-0.2, -0.15) is 0 Å². The Morgan fingerprint density at radius 3 is 2.40 bits per heavy atom. The monoisotopic (exact) mass is 411 g/mol. The van der Waals surface area contributed by atoms with Gasteiger partial charge in [0.05, 0.1) is 12.2 Å².